The van der Waals surface area contributed by atoms with E-state index < -0.39 is 0 Å². The number of Topliss-reactive ketones (excluding diaryl/α,β-unsaturated/α-hetero) is 6. The van der Waals surface area contributed by atoms with Crippen molar-refractivity contribution in [2.24, 2.45) is 42.6 Å². The van der Waals surface area contributed by atoms with Crippen LogP contribution in [0, 0.1) is 54.1 Å². The lowest BCUT2D eigenvalue weighted by Gasteiger charge is -2.39. The van der Waals surface area contributed by atoms with E-state index in [1.54, 1.807) is 71.4 Å². The molecule has 0 radical (unpaired) electrons. The molecule has 3 atom stereocenters. The fraction of sp³-hybridized carbons (Fsp3) is 0.327. The second kappa shape index (κ2) is 46.8. The van der Waals surface area contributed by atoms with Crippen LogP contribution in [0.3, 0.4) is 0 Å². The Morgan fingerprint density at radius 2 is 1.11 bits per heavy atom. The molecule has 3 aromatic heterocycles. The summed E-state index contributed by atoms with van der Waals surface area (Å²) >= 11 is 9.31. The predicted octanol–water partition coefficient (Wildman–Crippen LogP) is 25.5. The minimum atomic E-state index is -0.376. The molecular formula is C113H123BrClF2N5O10. The number of nitrogens with two attached hydrogens (primary N) is 1. The normalized spacial score (nSPS) is 14.2. The summed E-state index contributed by atoms with van der Waals surface area (Å²) < 4.78 is 40.1. The van der Waals surface area contributed by atoms with Crippen LogP contribution in [0.2, 0.25) is 5.02 Å². The van der Waals surface area contributed by atoms with Crippen molar-refractivity contribution in [2.75, 3.05) is 12.3 Å². The number of hydrogen-bond donors (Lipinski definition) is 1. The molecule has 0 saturated carbocycles. The average Bonchev–Trinajstić information content (AvgIpc) is 1.59. The number of para-hydroxylation sites is 1. The molecule has 19 heteroatoms. The number of aryl methyl sites for hydroxylation is 2. The zero-order valence-corrected chi connectivity index (χ0v) is 81.3. The van der Waals surface area contributed by atoms with Crippen molar-refractivity contribution >= 4 is 90.8 Å². The number of benzene rings is 9. The number of nitrogens with zero attached hydrogens (tertiary/aromatic N) is 4. The van der Waals surface area contributed by atoms with Crippen LogP contribution in [0.25, 0.3) is 33.5 Å². The van der Waals surface area contributed by atoms with E-state index in [1.165, 1.54) is 46.0 Å². The standard InChI is InChI=1S/C21H28O2.C20H18ClFN2O.C18H18BrNO2.C18H19FO.C18H19NO2.C18H21NO2/c1-5-15-8-7-9-16-17-10-11-23-21(6-2,13-20(22)14(3)4)19(17)12-18(15)16;1-13(2)20(25)11-19-18(14-3-5-15(21)6-4-14)12-24(23-19)17-9-7-16(22)8-10-17;1-11(2)16(21)10-13-4-3-5-15(17(13)20)18(22)12-6-8-14(19)9-7-12;1-12(2)18(20)13(3)15-9-10-16(17(19)11-15)14-7-5-4-6-8-14;1-12(2)17(20)14-10-11-19-15(14)8-9-16(19)18(21)13-6-4-3-5-7-13;1-12(2)17(20)11-15-9-10-16(19(15)4)18(21)14-7-5-13(3)6-8-14/h7-9,14H,5-6,10-13H2,1-4H3;3-10,12-13H,11H2,1-2H3;3-9,11H,10,20H2,1-2H3;4-13H,1-3H3;3-9,12,14H,10-11H2,1-2H3;5-10,12H,11H2,1-4H3. The minimum absolute atomic E-state index is 0.0103. The molecule has 0 spiro atoms. The van der Waals surface area contributed by atoms with E-state index in [0.29, 0.717) is 79.8 Å². The zero-order valence-electron chi connectivity index (χ0n) is 79.0. The van der Waals surface area contributed by atoms with Gasteiger partial charge in [-0.05, 0) is 186 Å². The van der Waals surface area contributed by atoms with Gasteiger partial charge in [0, 0.05) is 140 Å². The van der Waals surface area contributed by atoms with Gasteiger partial charge in [-0.2, -0.15) is 5.10 Å². The van der Waals surface area contributed by atoms with Crippen molar-refractivity contribution in [3.63, 3.8) is 0 Å². The highest BCUT2D eigenvalue weighted by Crippen LogP contribution is 2.49. The van der Waals surface area contributed by atoms with Gasteiger partial charge >= 0.3 is 0 Å². The Labute approximate surface area is 790 Å². The molecule has 132 heavy (non-hydrogen) atoms. The van der Waals surface area contributed by atoms with Gasteiger partial charge in [-0.1, -0.05) is 276 Å². The lowest BCUT2D eigenvalue weighted by molar-refractivity contribution is -0.129. The molecule has 0 amide bonds. The Kier molecular flexibility index (Phi) is 36.2. The van der Waals surface area contributed by atoms with Crippen molar-refractivity contribution in [1.82, 2.24) is 18.9 Å². The first-order valence-corrected chi connectivity index (χ1v) is 46.9. The molecule has 12 aromatic rings. The van der Waals surface area contributed by atoms with Crippen molar-refractivity contribution in [1.29, 1.82) is 0 Å². The Bertz CT molecular complexity index is 6120. The molecule has 0 bridgehead atoms. The van der Waals surface area contributed by atoms with Crippen LogP contribution in [0.1, 0.15) is 240 Å². The maximum Gasteiger partial charge on any atom is 0.209 e. The molecule has 5 heterocycles. The quantitative estimate of drug-likeness (QED) is 0.0358. The first kappa shape index (κ1) is 102. The molecule has 2 aliphatic heterocycles. The maximum absolute atomic E-state index is 14.2. The molecule has 1 aliphatic carbocycles. The Hall–Kier alpha value is -12.1. The molecule has 9 aromatic carbocycles. The topological polar surface area (TPSA) is 217 Å². The smallest absolute Gasteiger partial charge is 0.209 e. The highest BCUT2D eigenvalue weighted by molar-refractivity contribution is 9.10. The number of anilines is 1. The monoisotopic (exact) mass is 1860 g/mol. The summed E-state index contributed by atoms with van der Waals surface area (Å²) in [6.45, 7) is 32.5. The summed E-state index contributed by atoms with van der Waals surface area (Å²) in [6.07, 6.45) is 7.95. The molecule has 2 N–H and O–H groups in total. The van der Waals surface area contributed by atoms with Gasteiger partial charge in [-0.25, -0.2) is 13.5 Å². The minimum Gasteiger partial charge on any atom is -0.398 e. The summed E-state index contributed by atoms with van der Waals surface area (Å²) in [5, 5.41) is 5.22. The Morgan fingerprint density at radius 3 is 1.70 bits per heavy atom. The number of carbonyl (C=O) groups excluding carboxylic acids is 9. The summed E-state index contributed by atoms with van der Waals surface area (Å²) in [6, 6.07) is 71.3. The number of halogens is 4. The number of rotatable bonds is 28. The molecule has 688 valence electrons. The Balaban J connectivity index is 0.000000165. The van der Waals surface area contributed by atoms with Gasteiger partial charge in [0.15, 0.2) is 5.78 Å². The number of aromatic nitrogens is 4. The van der Waals surface area contributed by atoms with Crippen LogP contribution in [0.15, 0.2) is 253 Å². The third-order valence-electron chi connectivity index (χ3n) is 24.8. The third kappa shape index (κ3) is 25.6. The fourth-order valence-corrected chi connectivity index (χ4v) is 16.7. The summed E-state index contributed by atoms with van der Waals surface area (Å²) in [5.74, 6) is 0.0756. The number of ketones is 9. The van der Waals surface area contributed by atoms with E-state index in [4.69, 9.17) is 22.1 Å². The van der Waals surface area contributed by atoms with E-state index in [2.05, 4.69) is 53.1 Å². The van der Waals surface area contributed by atoms with E-state index in [9.17, 15) is 51.9 Å². The van der Waals surface area contributed by atoms with Crippen LogP contribution >= 0.6 is 27.5 Å². The number of fused-ring (bicyclic) bond motifs is 3. The first-order chi connectivity index (χ1) is 62.8. The molecule has 15 rings (SSSR count). The molecule has 3 unspecified atom stereocenters. The highest BCUT2D eigenvalue weighted by Gasteiger charge is 2.44. The third-order valence-corrected chi connectivity index (χ3v) is 25.6. The SMILES string of the molecule is CC(C)C(=O)C(C)c1ccc(-c2ccccc2)c(F)c1.CC(C)C(=O)C1CCn2c(C(=O)c3ccccc3)ccc21.CC(C)C(=O)Cc1cccc(C(=O)c2ccc(Br)cc2)c1N.CC(C)C(=O)Cc1nn(-c2ccc(F)cc2)cc1-c1ccc(Cl)cc1.CCc1cccc2c1CC1=C2CCOC1(CC)CC(=O)C(C)C.Cc1ccc(C(=O)c2ccc(CC(=O)C(C)C)n2C)cc1. The largest absolute Gasteiger partial charge is 0.398 e. The van der Waals surface area contributed by atoms with E-state index in [0.717, 1.165) is 94.6 Å². The Morgan fingerprint density at radius 1 is 0.545 bits per heavy atom. The maximum atomic E-state index is 14.2. The van der Waals surface area contributed by atoms with Crippen LogP contribution in [0.5, 0.6) is 0 Å². The second-order valence-electron chi connectivity index (χ2n) is 35.9. The summed E-state index contributed by atoms with van der Waals surface area (Å²) in [5.41, 5.74) is 26.1. The number of carbonyl (C=O) groups is 9. The summed E-state index contributed by atoms with van der Waals surface area (Å²) in [7, 11) is 1.84. The second-order valence-corrected chi connectivity index (χ2v) is 37.3. The van der Waals surface area contributed by atoms with Crippen molar-refractivity contribution < 1.29 is 56.7 Å². The molecular weight excluding hydrogens is 1740 g/mol. The van der Waals surface area contributed by atoms with E-state index in [-0.39, 0.29) is 124 Å². The summed E-state index contributed by atoms with van der Waals surface area (Å²) in [4.78, 5) is 110. The van der Waals surface area contributed by atoms with Crippen LogP contribution in [-0.2, 0) is 79.2 Å². The average molecular weight is 1860 g/mol. The van der Waals surface area contributed by atoms with E-state index in [1.807, 2.05) is 253 Å². The van der Waals surface area contributed by atoms with Crippen molar-refractivity contribution in [2.45, 2.75) is 193 Å². The highest BCUT2D eigenvalue weighted by atomic mass is 79.9. The molecule has 0 fully saturated rings. The zero-order chi connectivity index (χ0) is 96.1. The van der Waals surface area contributed by atoms with Gasteiger partial charge in [0.05, 0.1) is 47.3 Å². The van der Waals surface area contributed by atoms with Crippen LogP contribution < -0.4 is 5.73 Å². The van der Waals surface area contributed by atoms with Gasteiger partial charge in [-0.15, -0.1) is 0 Å². The van der Waals surface area contributed by atoms with Gasteiger partial charge in [0.25, 0.3) is 0 Å². The van der Waals surface area contributed by atoms with Crippen LogP contribution in [-0.4, -0.2) is 83.2 Å². The number of ether oxygens (including phenoxy) is 1. The molecule has 3 aliphatic rings. The van der Waals surface area contributed by atoms with Gasteiger partial charge < -0.3 is 19.6 Å². The first-order valence-electron chi connectivity index (χ1n) is 45.7. The van der Waals surface area contributed by atoms with Gasteiger partial charge in [0.2, 0.25) is 11.6 Å². The predicted molar refractivity (Wildman–Crippen MR) is 529 cm³/mol. The number of nitrogen functional groups attached to an aromatic ring is 1. The van der Waals surface area contributed by atoms with Gasteiger partial charge in [0.1, 0.15) is 46.3 Å². The fourth-order valence-electron chi connectivity index (χ4n) is 16.3. The van der Waals surface area contributed by atoms with Crippen molar-refractivity contribution in [3.05, 3.63) is 354 Å². The van der Waals surface area contributed by atoms with E-state index >= 15 is 0 Å². The molecule has 0 saturated heterocycles. The molecule has 15 nitrogen and oxygen atoms in total. The van der Waals surface area contributed by atoms with Crippen molar-refractivity contribution in [3.8, 4) is 27.9 Å². The lowest BCUT2D eigenvalue weighted by Crippen LogP contribution is -2.41. The van der Waals surface area contributed by atoms with Gasteiger partial charge in [-0.3, -0.25) is 43.2 Å². The van der Waals surface area contributed by atoms with Crippen LogP contribution in [0.4, 0.5) is 14.5 Å². The number of hydrogen-bond acceptors (Lipinski definition) is 12. The lowest BCUT2D eigenvalue weighted by atomic mass is 9.79.